The summed E-state index contributed by atoms with van der Waals surface area (Å²) in [7, 11) is -0.447. The topological polar surface area (TPSA) is 106 Å². The highest BCUT2D eigenvalue weighted by atomic mass is 32.2. The van der Waals surface area contributed by atoms with Gasteiger partial charge < -0.3 is 18.9 Å². The van der Waals surface area contributed by atoms with Crippen molar-refractivity contribution in [1.29, 1.82) is 0 Å². The Morgan fingerprint density at radius 3 is 2.40 bits per heavy atom. The molecule has 0 spiro atoms. The highest BCUT2D eigenvalue weighted by molar-refractivity contribution is 7.87. The van der Waals surface area contributed by atoms with E-state index in [2.05, 4.69) is 9.71 Å². The number of rotatable bonds is 7. The molecular formula is C19H27N5O5S. The zero-order valence-electron chi connectivity index (χ0n) is 17.3. The van der Waals surface area contributed by atoms with Gasteiger partial charge in [0.1, 0.15) is 17.6 Å². The lowest BCUT2D eigenvalue weighted by atomic mass is 10.1. The quantitative estimate of drug-likeness (QED) is 0.696. The lowest BCUT2D eigenvalue weighted by Crippen LogP contribution is -2.54. The summed E-state index contributed by atoms with van der Waals surface area (Å²) in [6, 6.07) is 6.48. The molecule has 10 nitrogen and oxygen atoms in total. The summed E-state index contributed by atoms with van der Waals surface area (Å²) in [5.74, 6) is 1.24. The maximum absolute atomic E-state index is 13.1. The number of imidazole rings is 1. The number of carbonyl (C=O) groups is 1. The van der Waals surface area contributed by atoms with Gasteiger partial charge >= 0.3 is 6.09 Å². The van der Waals surface area contributed by atoms with Crippen LogP contribution >= 0.6 is 0 Å². The van der Waals surface area contributed by atoms with E-state index in [0.29, 0.717) is 11.6 Å². The van der Waals surface area contributed by atoms with Crippen LogP contribution < -0.4 is 9.46 Å². The van der Waals surface area contributed by atoms with Crippen molar-refractivity contribution < 1.29 is 22.7 Å². The van der Waals surface area contributed by atoms with Gasteiger partial charge in [-0.05, 0) is 24.6 Å². The van der Waals surface area contributed by atoms with Crippen molar-refractivity contribution in [3.05, 3.63) is 48.0 Å². The normalized spacial score (nSPS) is 16.3. The minimum Gasteiger partial charge on any atom is -0.497 e. The fraction of sp³-hybridized carbons (Fsp3) is 0.474. The van der Waals surface area contributed by atoms with Gasteiger partial charge in [0, 0.05) is 45.6 Å². The molecule has 164 valence electrons. The number of ether oxygens (including phenoxy) is 2. The molecule has 3 rings (SSSR count). The number of benzene rings is 1. The van der Waals surface area contributed by atoms with E-state index in [4.69, 9.17) is 9.47 Å². The summed E-state index contributed by atoms with van der Waals surface area (Å²) in [5.41, 5.74) is 0.735. The predicted molar refractivity (Wildman–Crippen MR) is 110 cm³/mol. The van der Waals surface area contributed by atoms with Crippen LogP contribution in [0.2, 0.25) is 0 Å². The monoisotopic (exact) mass is 437 g/mol. The number of piperazine rings is 1. The molecule has 0 aliphatic carbocycles. The van der Waals surface area contributed by atoms with E-state index in [0.717, 1.165) is 5.56 Å². The molecule has 1 aliphatic rings. The van der Waals surface area contributed by atoms with Crippen molar-refractivity contribution in [3.63, 3.8) is 0 Å². The number of nitrogens with one attached hydrogen (secondary N) is 1. The van der Waals surface area contributed by atoms with Gasteiger partial charge in [0.15, 0.2) is 0 Å². The van der Waals surface area contributed by atoms with E-state index in [9.17, 15) is 13.2 Å². The van der Waals surface area contributed by atoms with Gasteiger partial charge in [-0.1, -0.05) is 12.1 Å². The summed E-state index contributed by atoms with van der Waals surface area (Å²) >= 11 is 0. The van der Waals surface area contributed by atoms with Crippen LogP contribution in [-0.2, 0) is 22.0 Å². The first-order chi connectivity index (χ1) is 14.4. The molecule has 1 aromatic heterocycles. The van der Waals surface area contributed by atoms with E-state index in [1.54, 1.807) is 55.3 Å². The molecule has 0 radical (unpaired) electrons. The third-order valence-electron chi connectivity index (χ3n) is 4.94. The van der Waals surface area contributed by atoms with Crippen LogP contribution in [0.3, 0.4) is 0 Å². The molecule has 1 saturated heterocycles. The van der Waals surface area contributed by atoms with Crippen molar-refractivity contribution in [1.82, 2.24) is 23.5 Å². The number of amides is 1. The second kappa shape index (κ2) is 9.45. The summed E-state index contributed by atoms with van der Waals surface area (Å²) in [5, 5.41) is 0. The van der Waals surface area contributed by atoms with Crippen LogP contribution in [0.25, 0.3) is 0 Å². The average molecular weight is 438 g/mol. The largest absolute Gasteiger partial charge is 0.497 e. The van der Waals surface area contributed by atoms with Gasteiger partial charge in [-0.25, -0.2) is 9.78 Å². The Balaban J connectivity index is 1.78. The summed E-state index contributed by atoms with van der Waals surface area (Å²) in [6.07, 6.45) is 2.96. The number of aryl methyl sites for hydroxylation is 1. The number of hydrogen-bond acceptors (Lipinski definition) is 6. The first-order valence-electron chi connectivity index (χ1n) is 9.66. The Bertz CT molecular complexity index is 952. The van der Waals surface area contributed by atoms with Crippen LogP contribution in [0.1, 0.15) is 24.4 Å². The Kier molecular flexibility index (Phi) is 6.95. The molecule has 1 aliphatic heterocycles. The summed E-state index contributed by atoms with van der Waals surface area (Å²) in [4.78, 5) is 17.7. The first-order valence-corrected chi connectivity index (χ1v) is 11.1. The zero-order chi connectivity index (χ0) is 21.7. The SMILES string of the molecule is CCOC(=O)N1CCN(S(=O)(=O)NC(c2ccc(OC)cc2)c2nccn2C)CC1. The maximum atomic E-state index is 13.1. The molecule has 30 heavy (non-hydrogen) atoms. The maximum Gasteiger partial charge on any atom is 0.409 e. The number of nitrogens with zero attached hydrogens (tertiary/aromatic N) is 4. The third-order valence-corrected chi connectivity index (χ3v) is 6.52. The number of aromatic nitrogens is 2. The molecule has 2 heterocycles. The minimum absolute atomic E-state index is 0.185. The van der Waals surface area contributed by atoms with Crippen LogP contribution in [0.15, 0.2) is 36.7 Å². The van der Waals surface area contributed by atoms with Gasteiger partial charge in [-0.3, -0.25) is 0 Å². The van der Waals surface area contributed by atoms with E-state index >= 15 is 0 Å². The molecule has 1 atom stereocenters. The van der Waals surface area contributed by atoms with Crippen LogP contribution in [-0.4, -0.2) is 73.2 Å². The standard InChI is InChI=1S/C19H27N5O5S/c1-4-29-19(25)23-11-13-24(14-12-23)30(26,27)21-17(18-20-9-10-22(18)2)15-5-7-16(28-3)8-6-15/h5-10,17,21H,4,11-14H2,1-3H3. The van der Waals surface area contributed by atoms with E-state index in [-0.39, 0.29) is 32.8 Å². The van der Waals surface area contributed by atoms with Gasteiger partial charge in [-0.2, -0.15) is 17.4 Å². The van der Waals surface area contributed by atoms with Crippen LogP contribution in [0.4, 0.5) is 4.79 Å². The third kappa shape index (κ3) is 4.91. The Labute approximate surface area is 176 Å². The fourth-order valence-electron chi connectivity index (χ4n) is 3.27. The van der Waals surface area contributed by atoms with E-state index < -0.39 is 22.3 Å². The van der Waals surface area contributed by atoms with Gasteiger partial charge in [0.25, 0.3) is 10.2 Å². The molecule has 1 fully saturated rings. The Hall–Kier alpha value is -2.63. The van der Waals surface area contributed by atoms with Crippen molar-refractivity contribution in [2.24, 2.45) is 7.05 Å². The molecule has 0 saturated carbocycles. The van der Waals surface area contributed by atoms with E-state index in [1.807, 2.05) is 7.05 Å². The number of methoxy groups -OCH3 is 1. The lowest BCUT2D eigenvalue weighted by molar-refractivity contribution is 0.0932. The van der Waals surface area contributed by atoms with E-state index in [1.165, 1.54) is 9.21 Å². The molecule has 2 aromatic rings. The molecule has 1 aromatic carbocycles. The average Bonchev–Trinajstić information content (AvgIpc) is 3.18. The predicted octanol–water partition coefficient (Wildman–Crippen LogP) is 1.13. The lowest BCUT2D eigenvalue weighted by Gasteiger charge is -2.34. The fourth-order valence-corrected chi connectivity index (χ4v) is 4.60. The minimum atomic E-state index is -3.83. The molecule has 1 amide bonds. The van der Waals surface area contributed by atoms with Gasteiger partial charge in [0.05, 0.1) is 13.7 Å². The van der Waals surface area contributed by atoms with Gasteiger partial charge in [-0.15, -0.1) is 0 Å². The van der Waals surface area contributed by atoms with Crippen molar-refractivity contribution in [2.75, 3.05) is 39.9 Å². The molecular weight excluding hydrogens is 410 g/mol. The Morgan fingerprint density at radius 1 is 1.20 bits per heavy atom. The smallest absolute Gasteiger partial charge is 0.409 e. The van der Waals surface area contributed by atoms with Crippen molar-refractivity contribution in [2.45, 2.75) is 13.0 Å². The van der Waals surface area contributed by atoms with Crippen LogP contribution in [0, 0.1) is 0 Å². The molecule has 1 N–H and O–H groups in total. The second-order valence-corrected chi connectivity index (χ2v) is 8.51. The van der Waals surface area contributed by atoms with Crippen molar-refractivity contribution >= 4 is 16.3 Å². The molecule has 0 bridgehead atoms. The second-order valence-electron chi connectivity index (χ2n) is 6.81. The summed E-state index contributed by atoms with van der Waals surface area (Å²) < 4.78 is 42.3. The Morgan fingerprint density at radius 2 is 1.87 bits per heavy atom. The molecule has 1 unspecified atom stereocenters. The first kappa shape index (κ1) is 22.1. The molecule has 11 heteroatoms. The van der Waals surface area contributed by atoms with Crippen LogP contribution in [0.5, 0.6) is 5.75 Å². The number of carbonyl (C=O) groups excluding carboxylic acids is 1. The zero-order valence-corrected chi connectivity index (χ0v) is 18.1. The van der Waals surface area contributed by atoms with Gasteiger partial charge in [0.2, 0.25) is 0 Å². The highest BCUT2D eigenvalue weighted by Gasteiger charge is 2.32. The van der Waals surface area contributed by atoms with Crippen molar-refractivity contribution in [3.8, 4) is 5.75 Å². The summed E-state index contributed by atoms with van der Waals surface area (Å²) in [6.45, 7) is 2.93. The number of hydrogen-bond donors (Lipinski definition) is 1. The highest BCUT2D eigenvalue weighted by Crippen LogP contribution is 2.24.